The van der Waals surface area contributed by atoms with Crippen molar-refractivity contribution in [1.82, 2.24) is 5.32 Å². The van der Waals surface area contributed by atoms with Gasteiger partial charge in [0, 0.05) is 49.7 Å². The molecule has 10 N–H and O–H groups in total. The Hall–Kier alpha value is -2.91. The number of benzene rings is 3. The Kier molecular flexibility index (Phi) is 20.3. The van der Waals surface area contributed by atoms with E-state index in [0.717, 1.165) is 0 Å². The molecule has 1 saturated heterocycles. The number of rotatable bonds is 23. The molecule has 2 aromatic carbocycles. The number of nitrogens with one attached hydrogen (secondary N) is 2. The molecular weight excluding hydrogens is 1110 g/mol. The average Bonchev–Trinajstić information content (AvgIpc) is 3.64. The third-order valence-corrected chi connectivity index (χ3v) is 20.4. The smallest absolute Gasteiger partial charge is 0.478 e. The summed E-state index contributed by atoms with van der Waals surface area (Å²) in [5.74, 6) is 4.12. The number of carbonyl (C=O) groups excluding carboxylic acids is 1. The van der Waals surface area contributed by atoms with Gasteiger partial charge >= 0.3 is 29.4 Å². The molecule has 3 aliphatic rings. The third-order valence-electron chi connectivity index (χ3n) is 9.65. The second-order valence-corrected chi connectivity index (χ2v) is 28.9. The molecule has 5 rings (SSSR count). The van der Waals surface area contributed by atoms with Crippen LogP contribution >= 0.6 is 66.6 Å². The molecule has 1 amide bonds. The number of hydrogen-bond acceptors (Lipinski definition) is 20. The van der Waals surface area contributed by atoms with Crippen molar-refractivity contribution in [2.45, 2.75) is 80.6 Å². The number of fused-ring (bicyclic) bond motifs is 2. The van der Waals surface area contributed by atoms with E-state index in [2.05, 4.69) is 25.7 Å². The number of carboxylic acids is 1. The van der Waals surface area contributed by atoms with Crippen LogP contribution in [0.5, 0.6) is 0 Å². The first-order valence-corrected chi connectivity index (χ1v) is 31.4. The van der Waals surface area contributed by atoms with Crippen LogP contribution in [-0.4, -0.2) is 116 Å². The van der Waals surface area contributed by atoms with E-state index in [1.54, 1.807) is 17.7 Å². The SMILES string of the molecule is Cc1c2oc3c(S(=O)(=O)O)c(N)ccc3c(-c3ccc(C(=O)NCC(C)(C)SSCOCC#C[B][C@H]4C[C@@H](OCSSC(C)(C)C)[C@@H](COP(=O)(O)OP(=O)(O)OP(=O)(O)O)O4)cc3C(=O)O)c-2ccc1=N. The Morgan fingerprint density at radius 2 is 1.65 bits per heavy atom. The van der Waals surface area contributed by atoms with Crippen molar-refractivity contribution in [1.29, 1.82) is 5.41 Å². The van der Waals surface area contributed by atoms with Gasteiger partial charge in [0.25, 0.3) is 23.3 Å². The van der Waals surface area contributed by atoms with Crippen molar-refractivity contribution in [3.63, 3.8) is 0 Å². The summed E-state index contributed by atoms with van der Waals surface area (Å²) in [6.45, 7) is 10.8. The summed E-state index contributed by atoms with van der Waals surface area (Å²) in [6.07, 6.45) is -1.47. The highest BCUT2D eigenvalue weighted by Crippen LogP contribution is 2.66. The van der Waals surface area contributed by atoms with Crippen molar-refractivity contribution in [3.8, 4) is 34.2 Å². The van der Waals surface area contributed by atoms with E-state index in [1.165, 1.54) is 82.1 Å². The van der Waals surface area contributed by atoms with E-state index in [9.17, 15) is 51.1 Å². The Morgan fingerprint density at radius 1 is 0.972 bits per heavy atom. The molecule has 393 valence electrons. The van der Waals surface area contributed by atoms with Crippen LogP contribution in [0, 0.1) is 24.1 Å². The maximum atomic E-state index is 13.5. The number of phosphoric ester groups is 1. The second-order valence-electron chi connectivity index (χ2n) is 17.1. The zero-order chi connectivity index (χ0) is 53.6. The van der Waals surface area contributed by atoms with Crippen LogP contribution in [0.15, 0.2) is 51.8 Å². The molecule has 2 heterocycles. The van der Waals surface area contributed by atoms with Gasteiger partial charge in [-0.3, -0.25) is 13.9 Å². The lowest BCUT2D eigenvalue weighted by atomic mass is 9.71. The largest absolute Gasteiger partial charge is 0.490 e. The molecule has 2 aromatic rings. The Morgan fingerprint density at radius 3 is 2.31 bits per heavy atom. The summed E-state index contributed by atoms with van der Waals surface area (Å²) in [4.78, 5) is 62.5. The minimum absolute atomic E-state index is 0.00980. The monoisotopic (exact) mass is 1160 g/mol. The van der Waals surface area contributed by atoms with E-state index in [-0.39, 0.29) is 86.2 Å². The number of carbonyl (C=O) groups is 2. The molecule has 1 fully saturated rings. The van der Waals surface area contributed by atoms with Crippen LogP contribution in [0.4, 0.5) is 5.69 Å². The number of nitrogen functional groups attached to an aromatic ring is 1. The fraction of sp³-hybridized carbons (Fsp3) is 0.425. The first-order chi connectivity index (χ1) is 33.3. The topological polar surface area (TPSA) is 371 Å². The van der Waals surface area contributed by atoms with Crippen molar-refractivity contribution in [2.75, 3.05) is 37.4 Å². The van der Waals surface area contributed by atoms with Gasteiger partial charge < -0.3 is 59.8 Å². The third kappa shape index (κ3) is 17.3. The molecule has 0 bridgehead atoms. The van der Waals surface area contributed by atoms with Gasteiger partial charge in [-0.2, -0.15) is 22.9 Å². The predicted octanol–water partition coefficient (Wildman–Crippen LogP) is 7.03. The van der Waals surface area contributed by atoms with Crippen molar-refractivity contribution >= 4 is 113 Å². The summed E-state index contributed by atoms with van der Waals surface area (Å²) < 4.78 is 105. The summed E-state index contributed by atoms with van der Waals surface area (Å²) >= 11 is 0. The minimum Gasteiger partial charge on any atom is -0.478 e. The predicted molar refractivity (Wildman–Crippen MR) is 274 cm³/mol. The highest BCUT2D eigenvalue weighted by molar-refractivity contribution is 8.77. The molecule has 72 heavy (non-hydrogen) atoms. The van der Waals surface area contributed by atoms with E-state index < -0.39 is 79.9 Å². The molecule has 0 aromatic heterocycles. The van der Waals surface area contributed by atoms with Crippen LogP contribution in [0.1, 0.15) is 67.3 Å². The average molecular weight is 1160 g/mol. The van der Waals surface area contributed by atoms with Crippen molar-refractivity contribution in [2.24, 2.45) is 0 Å². The fourth-order valence-corrected chi connectivity index (χ4v) is 14.6. The van der Waals surface area contributed by atoms with E-state index in [0.29, 0.717) is 11.1 Å². The lowest BCUT2D eigenvalue weighted by Gasteiger charge is -2.23. The molecule has 0 saturated carbocycles. The number of carboxylic acid groups (broad SMARTS) is 1. The summed E-state index contributed by atoms with van der Waals surface area (Å²) in [5, 5.41) is 21.7. The lowest BCUT2D eigenvalue weighted by Crippen LogP contribution is -2.36. The quantitative estimate of drug-likeness (QED) is 0.00414. The summed E-state index contributed by atoms with van der Waals surface area (Å²) in [7, 11) is -14.4. The van der Waals surface area contributed by atoms with E-state index >= 15 is 0 Å². The molecule has 1 aliphatic carbocycles. The van der Waals surface area contributed by atoms with Gasteiger partial charge in [0.05, 0.1) is 29.3 Å². The van der Waals surface area contributed by atoms with E-state index in [4.69, 9.17) is 44.1 Å². The molecule has 1 radical (unpaired) electrons. The maximum Gasteiger partial charge on any atom is 0.490 e. The molecule has 2 unspecified atom stereocenters. The highest BCUT2D eigenvalue weighted by Gasteiger charge is 2.43. The van der Waals surface area contributed by atoms with E-state index in [1.807, 2.05) is 34.6 Å². The number of anilines is 1. The fourth-order valence-electron chi connectivity index (χ4n) is 6.67. The van der Waals surface area contributed by atoms with Gasteiger partial charge in [-0.15, -0.1) is 0 Å². The lowest BCUT2D eigenvalue weighted by molar-refractivity contribution is -0.0240. The van der Waals surface area contributed by atoms with Crippen LogP contribution in [0.3, 0.4) is 0 Å². The zero-order valence-corrected chi connectivity index (χ0v) is 45.7. The number of aromatic carboxylic acids is 1. The maximum absolute atomic E-state index is 13.5. The number of hydrogen-bond donors (Lipinski definition) is 9. The minimum atomic E-state index is -5.72. The highest BCUT2D eigenvalue weighted by atomic mass is 33.1. The standard InChI is InChI=1S/C40H50BN3O20P3S5/c1-22-28(42)12-10-25-33(26-11-13-29(43)36(72(55,56)57)35(26)62-34(22)25)24-9-8-23(16-27(24)38(46)47)37(45)44-19-40(5,6)71-68-20-58-15-7-14-41-32-17-30(59-21-69-70-39(2,3)4)31(61-32)18-60-66(51,52)64-67(53,54)63-65(48,49)50/h8-13,16,30-32,42H,15,17-21,43H2,1-6H3,(H,44,45)(H,46,47)(H,51,52)(H,53,54)(H2,48,49,50)(H,55,56,57)/t30-,31-,32-/m1/s1. The van der Waals surface area contributed by atoms with Gasteiger partial charge in [0.15, 0.2) is 10.5 Å². The van der Waals surface area contributed by atoms with Crippen LogP contribution < -0.4 is 16.4 Å². The molecule has 32 heteroatoms. The number of nitrogens with two attached hydrogens (primary N) is 1. The Labute approximate surface area is 430 Å². The molecular formula is C40H50BN3O20P3S5. The number of amides is 1. The molecule has 5 atom stereocenters. The van der Waals surface area contributed by atoms with Gasteiger partial charge in [-0.1, -0.05) is 75.9 Å². The van der Waals surface area contributed by atoms with Gasteiger partial charge in [-0.25, -0.2) is 18.5 Å². The zero-order valence-electron chi connectivity index (χ0n) is 39.0. The van der Waals surface area contributed by atoms with Crippen molar-refractivity contribution < 1.29 is 92.7 Å². The van der Waals surface area contributed by atoms with Gasteiger partial charge in [0.2, 0.25) is 0 Å². The van der Waals surface area contributed by atoms with Crippen LogP contribution in [0.2, 0.25) is 0 Å². The van der Waals surface area contributed by atoms with Crippen LogP contribution in [-0.2, 0) is 51.2 Å². The second kappa shape index (κ2) is 24.4. The number of ether oxygens (including phenoxy) is 3. The Balaban J connectivity index is 1.15. The Bertz CT molecular complexity index is 3030. The summed E-state index contributed by atoms with van der Waals surface area (Å²) in [5.41, 5.74) is 5.95. The van der Waals surface area contributed by atoms with Gasteiger partial charge in [-0.05, 0) is 69.2 Å². The molecule has 2 aliphatic heterocycles. The molecule has 23 nitrogen and oxygen atoms in total. The molecule has 0 spiro atoms. The van der Waals surface area contributed by atoms with Crippen molar-refractivity contribution in [3.05, 3.63) is 64.5 Å². The summed E-state index contributed by atoms with van der Waals surface area (Å²) in [6, 6.07) is 9.04. The first kappa shape index (κ1) is 60.0. The van der Waals surface area contributed by atoms with Crippen LogP contribution in [0.25, 0.3) is 33.4 Å². The first-order valence-electron chi connectivity index (χ1n) is 20.8. The van der Waals surface area contributed by atoms with Gasteiger partial charge in [0.1, 0.15) is 30.3 Å². The number of phosphoric acid groups is 3. The normalized spacial score (nSPS) is 18.3.